The van der Waals surface area contributed by atoms with Gasteiger partial charge in [0, 0.05) is 11.4 Å². The molecule has 23 heavy (non-hydrogen) atoms. The molecule has 0 unspecified atom stereocenters. The van der Waals surface area contributed by atoms with Gasteiger partial charge < -0.3 is 4.74 Å². The van der Waals surface area contributed by atoms with Gasteiger partial charge in [-0.05, 0) is 48.0 Å². The summed E-state index contributed by atoms with van der Waals surface area (Å²) < 4.78 is 7.29. The molecule has 0 atom stereocenters. The van der Waals surface area contributed by atoms with Gasteiger partial charge in [0.2, 0.25) is 5.78 Å². The topological polar surface area (TPSA) is 86.5 Å². The summed E-state index contributed by atoms with van der Waals surface area (Å²) in [6, 6.07) is 5.26. The molecule has 3 aromatic rings. The highest BCUT2D eigenvalue weighted by Gasteiger charge is 2.18. The molecule has 0 bridgehead atoms. The number of halogens is 1. The van der Waals surface area contributed by atoms with Gasteiger partial charge in [-0.3, -0.25) is 4.79 Å². The number of esters is 1. The number of nitrogens with zero attached hydrogens (tertiary/aromatic N) is 4. The number of fused-ring (bicyclic) bond motifs is 1. The Morgan fingerprint density at radius 3 is 2.78 bits per heavy atom. The maximum atomic E-state index is 12.0. The molecule has 0 saturated carbocycles. The van der Waals surface area contributed by atoms with Crippen LogP contribution < -0.4 is 0 Å². The molecule has 0 amide bonds. The fourth-order valence-corrected chi connectivity index (χ4v) is 3.29. The van der Waals surface area contributed by atoms with E-state index in [1.165, 1.54) is 15.9 Å². The molecule has 0 N–H and O–H groups in total. The summed E-state index contributed by atoms with van der Waals surface area (Å²) in [5.41, 5.74) is 1.58. The van der Waals surface area contributed by atoms with Crippen LogP contribution in [-0.2, 0) is 4.74 Å². The van der Waals surface area contributed by atoms with Crippen LogP contribution in [0.15, 0.2) is 22.0 Å². The lowest BCUT2D eigenvalue weighted by atomic mass is 10.3. The van der Waals surface area contributed by atoms with E-state index in [1.807, 2.05) is 19.9 Å². The average molecular weight is 395 g/mol. The second kappa shape index (κ2) is 6.17. The zero-order chi connectivity index (χ0) is 16.6. The van der Waals surface area contributed by atoms with Crippen LogP contribution in [0.2, 0.25) is 0 Å². The maximum Gasteiger partial charge on any atom is 0.378 e. The molecule has 0 aliphatic rings. The highest BCUT2D eigenvalue weighted by molar-refractivity contribution is 9.11. The molecular formula is C14H11BrN4O3S. The summed E-state index contributed by atoms with van der Waals surface area (Å²) in [6.07, 6.45) is 0. The lowest BCUT2D eigenvalue weighted by Crippen LogP contribution is -2.14. The summed E-state index contributed by atoms with van der Waals surface area (Å²) in [5, 5.41) is 4.06. The Bertz CT molecular complexity index is 918. The number of carbonyl (C=O) groups excluding carboxylic acids is 2. The second-order valence-corrected chi connectivity index (χ2v) is 7.25. The minimum Gasteiger partial charge on any atom is -0.451 e. The van der Waals surface area contributed by atoms with Crippen molar-refractivity contribution in [1.82, 2.24) is 19.6 Å². The van der Waals surface area contributed by atoms with Crippen molar-refractivity contribution < 1.29 is 14.3 Å². The summed E-state index contributed by atoms with van der Waals surface area (Å²) in [7, 11) is 0. The minimum atomic E-state index is -0.753. The van der Waals surface area contributed by atoms with E-state index in [0.717, 1.165) is 15.2 Å². The standard InChI is InChI=1S/C14H11BrN4O3S/c1-7-5-8(2)19-14(16-7)17-12(18-19)13(21)22-6-9(20)10-3-4-11(15)23-10/h3-5H,6H2,1-2H3. The number of aromatic nitrogens is 4. The zero-order valence-electron chi connectivity index (χ0n) is 12.2. The first-order valence-corrected chi connectivity index (χ1v) is 8.21. The first-order valence-electron chi connectivity index (χ1n) is 6.61. The van der Waals surface area contributed by atoms with Crippen LogP contribution in [0.3, 0.4) is 0 Å². The molecule has 3 aromatic heterocycles. The Morgan fingerprint density at radius 2 is 2.09 bits per heavy atom. The number of Topliss-reactive ketones (excluding diaryl/α,β-unsaturated/α-hetero) is 1. The molecule has 0 spiro atoms. The number of thiophene rings is 1. The third-order valence-corrected chi connectivity index (χ3v) is 4.65. The van der Waals surface area contributed by atoms with Gasteiger partial charge in [-0.15, -0.1) is 16.4 Å². The number of hydrogen-bond acceptors (Lipinski definition) is 7. The van der Waals surface area contributed by atoms with Gasteiger partial charge in [-0.25, -0.2) is 14.3 Å². The van der Waals surface area contributed by atoms with Gasteiger partial charge in [0.15, 0.2) is 6.61 Å². The quantitative estimate of drug-likeness (QED) is 0.499. The lowest BCUT2D eigenvalue weighted by Gasteiger charge is -1.99. The van der Waals surface area contributed by atoms with E-state index in [0.29, 0.717) is 10.7 Å². The SMILES string of the molecule is Cc1cc(C)n2nc(C(=O)OCC(=O)c3ccc(Br)s3)nc2n1. The van der Waals surface area contributed by atoms with Crippen molar-refractivity contribution in [2.45, 2.75) is 13.8 Å². The van der Waals surface area contributed by atoms with E-state index >= 15 is 0 Å². The molecule has 0 aliphatic heterocycles. The molecule has 3 rings (SSSR count). The van der Waals surface area contributed by atoms with Crippen LogP contribution in [0.5, 0.6) is 0 Å². The molecule has 0 radical (unpaired) electrons. The number of hydrogen-bond donors (Lipinski definition) is 0. The highest BCUT2D eigenvalue weighted by atomic mass is 79.9. The third-order valence-electron chi connectivity index (χ3n) is 2.98. The summed E-state index contributed by atoms with van der Waals surface area (Å²) >= 11 is 4.56. The smallest absolute Gasteiger partial charge is 0.378 e. The Labute approximate surface area is 143 Å². The fraction of sp³-hybridized carbons (Fsp3) is 0.214. The second-order valence-electron chi connectivity index (χ2n) is 4.79. The molecular weight excluding hydrogens is 384 g/mol. The molecule has 9 heteroatoms. The van der Waals surface area contributed by atoms with Crippen molar-refractivity contribution in [1.29, 1.82) is 0 Å². The van der Waals surface area contributed by atoms with Crippen LogP contribution in [0.1, 0.15) is 31.7 Å². The van der Waals surface area contributed by atoms with E-state index in [1.54, 1.807) is 12.1 Å². The van der Waals surface area contributed by atoms with Gasteiger partial charge in [-0.1, -0.05) is 0 Å². The van der Waals surface area contributed by atoms with Crippen LogP contribution in [0.4, 0.5) is 0 Å². The Morgan fingerprint density at radius 1 is 1.30 bits per heavy atom. The third kappa shape index (κ3) is 3.30. The summed E-state index contributed by atoms with van der Waals surface area (Å²) in [5.74, 6) is -0.825. The maximum absolute atomic E-state index is 12.0. The normalized spacial score (nSPS) is 10.9. The number of ketones is 1. The predicted molar refractivity (Wildman–Crippen MR) is 86.9 cm³/mol. The van der Waals surface area contributed by atoms with Gasteiger partial charge in [0.1, 0.15) is 0 Å². The van der Waals surface area contributed by atoms with E-state index in [2.05, 4.69) is 31.0 Å². The van der Waals surface area contributed by atoms with Crippen molar-refractivity contribution in [3.63, 3.8) is 0 Å². The molecule has 0 fully saturated rings. The molecule has 7 nitrogen and oxygen atoms in total. The van der Waals surface area contributed by atoms with Gasteiger partial charge in [0.25, 0.3) is 11.6 Å². The summed E-state index contributed by atoms with van der Waals surface area (Å²) in [4.78, 5) is 32.7. The first-order chi connectivity index (χ1) is 10.9. The van der Waals surface area contributed by atoms with Gasteiger partial charge >= 0.3 is 5.97 Å². The molecule has 0 aromatic carbocycles. The number of carbonyl (C=O) groups is 2. The molecule has 0 saturated heterocycles. The number of ether oxygens (including phenoxy) is 1. The Hall–Kier alpha value is -2.13. The van der Waals surface area contributed by atoms with Crippen molar-refractivity contribution in [2.24, 2.45) is 0 Å². The fourth-order valence-electron chi connectivity index (χ4n) is 1.98. The van der Waals surface area contributed by atoms with E-state index in [4.69, 9.17) is 4.74 Å². The molecule has 3 heterocycles. The van der Waals surface area contributed by atoms with Crippen LogP contribution in [-0.4, -0.2) is 37.9 Å². The zero-order valence-corrected chi connectivity index (χ0v) is 14.6. The molecule has 0 aliphatic carbocycles. The monoisotopic (exact) mass is 394 g/mol. The van der Waals surface area contributed by atoms with Crippen molar-refractivity contribution >= 4 is 44.8 Å². The van der Waals surface area contributed by atoms with Crippen LogP contribution in [0.25, 0.3) is 5.78 Å². The van der Waals surface area contributed by atoms with Gasteiger partial charge in [0.05, 0.1) is 8.66 Å². The van der Waals surface area contributed by atoms with E-state index < -0.39 is 5.97 Å². The lowest BCUT2D eigenvalue weighted by molar-refractivity contribution is 0.0464. The average Bonchev–Trinajstić information content (AvgIpc) is 3.10. The number of aryl methyl sites for hydroxylation is 2. The predicted octanol–water partition coefficient (Wildman–Crippen LogP) is 2.60. The summed E-state index contributed by atoms with van der Waals surface area (Å²) in [6.45, 7) is 3.31. The number of rotatable bonds is 4. The molecule has 118 valence electrons. The van der Waals surface area contributed by atoms with Gasteiger partial charge in [-0.2, -0.15) is 4.98 Å². The minimum absolute atomic E-state index is 0.119. The van der Waals surface area contributed by atoms with Crippen LogP contribution in [0, 0.1) is 13.8 Å². The van der Waals surface area contributed by atoms with Crippen molar-refractivity contribution in [2.75, 3.05) is 6.61 Å². The van der Waals surface area contributed by atoms with Crippen LogP contribution >= 0.6 is 27.3 Å². The first kappa shape index (κ1) is 15.8. The largest absolute Gasteiger partial charge is 0.451 e. The van der Waals surface area contributed by atoms with Crippen molar-refractivity contribution in [3.05, 3.63) is 44.1 Å². The van der Waals surface area contributed by atoms with Crippen molar-refractivity contribution in [3.8, 4) is 0 Å². The highest BCUT2D eigenvalue weighted by Crippen LogP contribution is 2.22. The Balaban J connectivity index is 1.73. The Kier molecular flexibility index (Phi) is 4.22. The van der Waals surface area contributed by atoms with E-state index in [9.17, 15) is 9.59 Å². The van der Waals surface area contributed by atoms with E-state index in [-0.39, 0.29) is 18.2 Å².